The summed E-state index contributed by atoms with van der Waals surface area (Å²) >= 11 is 4.92. The van der Waals surface area contributed by atoms with Gasteiger partial charge in [0.25, 0.3) is 0 Å². The van der Waals surface area contributed by atoms with Crippen LogP contribution in [0.15, 0.2) is 95.9 Å². The molecule has 0 saturated heterocycles. The first kappa shape index (κ1) is 20.5. The van der Waals surface area contributed by atoms with E-state index in [1.165, 1.54) is 61.1 Å². The predicted octanol–water partition coefficient (Wildman–Crippen LogP) is 7.48. The molecule has 0 unspecified atom stereocenters. The molecule has 6 rings (SSSR count). The van der Waals surface area contributed by atoms with Crippen LogP contribution < -0.4 is 0 Å². The first-order valence-corrected chi connectivity index (χ1v) is 12.0. The van der Waals surface area contributed by atoms with Crippen LogP contribution in [0.5, 0.6) is 0 Å². The molecule has 0 amide bonds. The molecule has 2 heteroatoms. The average Bonchev–Trinajstić information content (AvgIpc) is 3.29. The van der Waals surface area contributed by atoms with Crippen molar-refractivity contribution in [2.24, 2.45) is 0 Å². The first-order chi connectivity index (χ1) is 16.1. The summed E-state index contributed by atoms with van der Waals surface area (Å²) in [6.45, 7) is 8.61. The van der Waals surface area contributed by atoms with Crippen molar-refractivity contribution in [2.75, 3.05) is 0 Å². The van der Waals surface area contributed by atoms with Gasteiger partial charge in [0.15, 0.2) is 0 Å². The second-order valence-corrected chi connectivity index (χ2v) is 9.57. The SMILES string of the molecule is CB=C(/C=C\C)c1cc(S)cc2c1-c1ccc(C)cc1C21c2ccccc2-c2ccccc21. The number of thiol groups is 1. The van der Waals surface area contributed by atoms with Gasteiger partial charge in [0.1, 0.15) is 0 Å². The van der Waals surface area contributed by atoms with Crippen LogP contribution in [0, 0.1) is 6.92 Å². The molecule has 0 aromatic heterocycles. The van der Waals surface area contributed by atoms with Crippen LogP contribution in [-0.4, -0.2) is 12.4 Å². The van der Waals surface area contributed by atoms with E-state index in [-0.39, 0.29) is 5.41 Å². The van der Waals surface area contributed by atoms with Gasteiger partial charge in [-0.2, -0.15) is 0 Å². The summed E-state index contributed by atoms with van der Waals surface area (Å²) in [7, 11) is 0. The monoisotopic (exact) mass is 440 g/mol. The molecular weight excluding hydrogens is 415 g/mol. The quantitative estimate of drug-likeness (QED) is 0.209. The molecule has 158 valence electrons. The van der Waals surface area contributed by atoms with E-state index in [1.807, 2.05) is 0 Å². The third-order valence-corrected chi connectivity index (χ3v) is 7.55. The molecule has 4 aromatic carbocycles. The Bertz CT molecular complexity index is 1460. The summed E-state index contributed by atoms with van der Waals surface area (Å²) in [6.07, 6.45) is 4.33. The molecule has 33 heavy (non-hydrogen) atoms. The van der Waals surface area contributed by atoms with Crippen molar-refractivity contribution in [3.05, 3.63) is 124 Å². The number of benzene rings is 4. The zero-order valence-electron chi connectivity index (χ0n) is 19.2. The summed E-state index contributed by atoms with van der Waals surface area (Å²) in [6, 6.07) is 29.4. The zero-order chi connectivity index (χ0) is 22.7. The number of allylic oxidation sites excluding steroid dienone is 2. The summed E-state index contributed by atoms with van der Waals surface area (Å²) in [5.41, 5.74) is 14.2. The van der Waals surface area contributed by atoms with E-state index in [4.69, 9.17) is 12.6 Å². The molecule has 1 spiro atoms. The average molecular weight is 440 g/mol. The second kappa shape index (κ2) is 7.47. The molecule has 0 bridgehead atoms. The Hall–Kier alpha value is -3.10. The van der Waals surface area contributed by atoms with Gasteiger partial charge in [-0.05, 0) is 0 Å². The van der Waals surface area contributed by atoms with Crippen molar-refractivity contribution in [3.63, 3.8) is 0 Å². The fourth-order valence-corrected chi connectivity index (χ4v) is 6.37. The third kappa shape index (κ3) is 2.65. The Balaban J connectivity index is 1.85. The van der Waals surface area contributed by atoms with Gasteiger partial charge in [-0.25, -0.2) is 0 Å². The van der Waals surface area contributed by atoms with Crippen LogP contribution in [-0.2, 0) is 5.41 Å². The fraction of sp³-hybridized carbons (Fsp3) is 0.129. The molecule has 0 heterocycles. The minimum absolute atomic E-state index is 0.327. The standard InChI is InChI=1S/C31H25BS/c1-4-9-29(32-3)24-17-20(33)18-28-30(24)23-15-14-19(2)16-27(23)31(28)25-12-7-5-10-21(25)22-11-6-8-13-26(22)31/h4-18,33H,1-3H3/b9-4-. The number of fused-ring (bicyclic) bond motifs is 10. The van der Waals surface area contributed by atoms with Crippen LogP contribution in [0.25, 0.3) is 22.3 Å². The van der Waals surface area contributed by atoms with Crippen LogP contribution in [0.2, 0.25) is 6.82 Å². The summed E-state index contributed by atoms with van der Waals surface area (Å²) in [4.78, 5) is 0.998. The van der Waals surface area contributed by atoms with Gasteiger partial charge in [-0.1, -0.05) is 0 Å². The molecular formula is C31H25BS. The van der Waals surface area contributed by atoms with Gasteiger partial charge < -0.3 is 0 Å². The van der Waals surface area contributed by atoms with Crippen LogP contribution in [0.1, 0.15) is 40.3 Å². The molecule has 2 aliphatic carbocycles. The molecule has 4 aromatic rings. The maximum atomic E-state index is 4.92. The Morgan fingerprint density at radius 1 is 0.788 bits per heavy atom. The van der Waals surface area contributed by atoms with Gasteiger partial charge in [-0.3, -0.25) is 0 Å². The molecule has 0 atom stereocenters. The van der Waals surface area contributed by atoms with Crippen molar-refractivity contribution >= 4 is 25.0 Å². The van der Waals surface area contributed by atoms with Gasteiger partial charge in [0.2, 0.25) is 0 Å². The van der Waals surface area contributed by atoms with E-state index in [0.29, 0.717) is 0 Å². The molecule has 0 aliphatic heterocycles. The molecule has 0 N–H and O–H groups in total. The van der Waals surface area contributed by atoms with E-state index >= 15 is 0 Å². The molecule has 0 saturated carbocycles. The van der Waals surface area contributed by atoms with E-state index in [9.17, 15) is 0 Å². The Morgan fingerprint density at radius 3 is 2.09 bits per heavy atom. The van der Waals surface area contributed by atoms with Gasteiger partial charge in [-0.15, -0.1) is 0 Å². The number of hydrogen-bond acceptors (Lipinski definition) is 1. The van der Waals surface area contributed by atoms with E-state index in [0.717, 1.165) is 4.90 Å². The number of rotatable bonds is 2. The summed E-state index contributed by atoms with van der Waals surface area (Å²) in [5.74, 6) is 0. The van der Waals surface area contributed by atoms with Crippen molar-refractivity contribution in [1.29, 1.82) is 0 Å². The molecule has 0 fully saturated rings. The first-order valence-electron chi connectivity index (χ1n) is 11.6. The Labute approximate surface area is 202 Å². The van der Waals surface area contributed by atoms with Crippen molar-refractivity contribution in [3.8, 4) is 22.3 Å². The maximum absolute atomic E-state index is 4.92. The van der Waals surface area contributed by atoms with Gasteiger partial charge in [0, 0.05) is 0 Å². The predicted molar refractivity (Wildman–Crippen MR) is 145 cm³/mol. The zero-order valence-corrected chi connectivity index (χ0v) is 20.1. The minimum atomic E-state index is -0.327. The van der Waals surface area contributed by atoms with Gasteiger partial charge in [0.05, 0.1) is 0 Å². The second-order valence-electron chi connectivity index (χ2n) is 9.05. The van der Waals surface area contributed by atoms with Crippen molar-refractivity contribution < 1.29 is 0 Å². The fourth-order valence-electron chi connectivity index (χ4n) is 6.11. The van der Waals surface area contributed by atoms with Crippen molar-refractivity contribution in [2.45, 2.75) is 31.0 Å². The third-order valence-electron chi connectivity index (χ3n) is 7.30. The summed E-state index contributed by atoms with van der Waals surface area (Å²) in [5, 5.41) is 0. The van der Waals surface area contributed by atoms with E-state index in [2.05, 4.69) is 119 Å². The van der Waals surface area contributed by atoms with Crippen LogP contribution in [0.4, 0.5) is 0 Å². The van der Waals surface area contributed by atoms with E-state index in [1.54, 1.807) is 0 Å². The number of hydrogen-bond donors (Lipinski definition) is 1. The summed E-state index contributed by atoms with van der Waals surface area (Å²) < 4.78 is 0. The van der Waals surface area contributed by atoms with E-state index < -0.39 is 0 Å². The number of aryl methyl sites for hydroxylation is 1. The topological polar surface area (TPSA) is 0 Å². The molecule has 0 radical (unpaired) electrons. The van der Waals surface area contributed by atoms with Crippen molar-refractivity contribution in [1.82, 2.24) is 0 Å². The van der Waals surface area contributed by atoms with Crippen LogP contribution >= 0.6 is 12.6 Å². The molecule has 2 aliphatic rings. The molecule has 0 nitrogen and oxygen atoms in total. The normalized spacial score (nSPS) is 14.7. The Morgan fingerprint density at radius 2 is 1.45 bits per heavy atom. The Kier molecular flexibility index (Phi) is 4.64. The van der Waals surface area contributed by atoms with Gasteiger partial charge >= 0.3 is 203 Å². The van der Waals surface area contributed by atoms with Crippen LogP contribution in [0.3, 0.4) is 0 Å².